The van der Waals surface area contributed by atoms with Gasteiger partial charge in [0.25, 0.3) is 0 Å². The van der Waals surface area contributed by atoms with E-state index in [1.54, 1.807) is 18.2 Å². The average molecular weight is 500 g/mol. The van der Waals surface area contributed by atoms with Gasteiger partial charge in [0.05, 0.1) is 11.3 Å². The van der Waals surface area contributed by atoms with Crippen LogP contribution in [0.4, 0.5) is 13.2 Å². The molecule has 1 aromatic heterocycles. The lowest BCUT2D eigenvalue weighted by molar-refractivity contribution is -0.139. The van der Waals surface area contributed by atoms with Crippen LogP contribution in [0.25, 0.3) is 11.4 Å². The van der Waals surface area contributed by atoms with Gasteiger partial charge < -0.3 is 9.84 Å². The molecule has 2 aromatic carbocycles. The Morgan fingerprint density at radius 1 is 1.19 bits per heavy atom. The molecule has 9 heteroatoms. The molecule has 1 aliphatic rings. The van der Waals surface area contributed by atoms with Crippen molar-refractivity contribution in [3.05, 3.63) is 76.6 Å². The Morgan fingerprint density at radius 2 is 1.94 bits per heavy atom. The molecule has 190 valence electrons. The van der Waals surface area contributed by atoms with E-state index in [2.05, 4.69) is 9.88 Å². The highest BCUT2D eigenvalue weighted by atomic mass is 19.4. The number of benzene rings is 2. The molecule has 0 amide bonds. The van der Waals surface area contributed by atoms with Gasteiger partial charge >= 0.3 is 12.1 Å². The predicted octanol–water partition coefficient (Wildman–Crippen LogP) is 5.52. The van der Waals surface area contributed by atoms with Gasteiger partial charge in [0.2, 0.25) is 0 Å². The van der Waals surface area contributed by atoms with Crippen molar-refractivity contribution in [2.45, 2.75) is 46.0 Å². The molecule has 1 unspecified atom stereocenters. The average Bonchev–Trinajstić information content (AvgIpc) is 2.82. The zero-order valence-electron chi connectivity index (χ0n) is 20.2. The van der Waals surface area contributed by atoms with Crippen LogP contribution in [0, 0.1) is 12.8 Å². The normalized spacial score (nSPS) is 14.8. The van der Waals surface area contributed by atoms with Crippen LogP contribution in [0.3, 0.4) is 0 Å². The highest BCUT2D eigenvalue weighted by molar-refractivity contribution is 5.67. The van der Waals surface area contributed by atoms with Gasteiger partial charge in [-0.25, -0.2) is 9.97 Å². The second kappa shape index (κ2) is 10.7. The third-order valence-electron chi connectivity index (χ3n) is 6.23. The number of alkyl halides is 3. The second-order valence-corrected chi connectivity index (χ2v) is 9.31. The number of nitrogens with zero attached hydrogens (tertiary/aromatic N) is 3. The van der Waals surface area contributed by atoms with Gasteiger partial charge in [0.15, 0.2) is 5.82 Å². The lowest BCUT2D eigenvalue weighted by atomic mass is 10.0. The monoisotopic (exact) mass is 499 g/mol. The standard InChI is InChI=1S/C27H28F3N3O3/c1-17(11-25(34)35)14-33-10-9-24-21(15-33)13-31-26(32-24)20-5-7-22(8-6-20)36-16-19-4-3-18(2)23(12-19)27(28,29)30/h3-8,12-13,17H,9-11,14-16H2,1-2H3,(H,34,35). The molecule has 0 aliphatic carbocycles. The SMILES string of the molecule is Cc1ccc(COc2ccc(-c3ncc4c(n3)CCN(CC(C)CC(=O)O)C4)cc2)cc1C(F)(F)F. The third kappa shape index (κ3) is 6.40. The molecule has 0 saturated carbocycles. The van der Waals surface area contributed by atoms with Crippen LogP contribution in [-0.4, -0.2) is 39.0 Å². The summed E-state index contributed by atoms with van der Waals surface area (Å²) in [6, 6.07) is 11.4. The van der Waals surface area contributed by atoms with Gasteiger partial charge in [0.1, 0.15) is 12.4 Å². The molecule has 4 rings (SSSR count). The lowest BCUT2D eigenvalue weighted by Crippen LogP contribution is -2.35. The van der Waals surface area contributed by atoms with Gasteiger partial charge in [-0.3, -0.25) is 9.69 Å². The second-order valence-electron chi connectivity index (χ2n) is 9.31. The largest absolute Gasteiger partial charge is 0.489 e. The van der Waals surface area contributed by atoms with E-state index in [4.69, 9.17) is 14.8 Å². The van der Waals surface area contributed by atoms with Crippen LogP contribution in [-0.2, 0) is 30.5 Å². The van der Waals surface area contributed by atoms with Crippen LogP contribution in [0.5, 0.6) is 5.75 Å². The number of rotatable bonds is 8. The maximum atomic E-state index is 13.1. The molecule has 6 nitrogen and oxygen atoms in total. The summed E-state index contributed by atoms with van der Waals surface area (Å²) in [4.78, 5) is 22.4. The molecule has 0 spiro atoms. The zero-order valence-corrected chi connectivity index (χ0v) is 20.2. The van der Waals surface area contributed by atoms with Gasteiger partial charge in [-0.05, 0) is 54.3 Å². The summed E-state index contributed by atoms with van der Waals surface area (Å²) in [5.41, 5.74) is 2.83. The fourth-order valence-corrected chi connectivity index (χ4v) is 4.40. The smallest absolute Gasteiger partial charge is 0.416 e. The Bertz CT molecular complexity index is 1230. The molecule has 2 heterocycles. The Balaban J connectivity index is 1.37. The first kappa shape index (κ1) is 25.6. The van der Waals surface area contributed by atoms with Crippen molar-refractivity contribution in [3.8, 4) is 17.1 Å². The zero-order chi connectivity index (χ0) is 25.9. The number of hydrogen-bond acceptors (Lipinski definition) is 5. The summed E-state index contributed by atoms with van der Waals surface area (Å²) >= 11 is 0. The highest BCUT2D eigenvalue weighted by Gasteiger charge is 2.32. The van der Waals surface area contributed by atoms with Crippen molar-refractivity contribution in [2.24, 2.45) is 5.92 Å². The number of fused-ring (bicyclic) bond motifs is 1. The predicted molar refractivity (Wildman–Crippen MR) is 128 cm³/mol. The summed E-state index contributed by atoms with van der Waals surface area (Å²) in [5.74, 6) is 0.427. The number of aryl methyl sites for hydroxylation is 1. The molecule has 0 radical (unpaired) electrons. The third-order valence-corrected chi connectivity index (χ3v) is 6.23. The van der Waals surface area contributed by atoms with Gasteiger partial charge in [-0.2, -0.15) is 13.2 Å². The first-order valence-electron chi connectivity index (χ1n) is 11.8. The molecular formula is C27H28F3N3O3. The van der Waals surface area contributed by atoms with Crippen LogP contribution in [0.15, 0.2) is 48.7 Å². The number of ether oxygens (including phenoxy) is 1. The van der Waals surface area contributed by atoms with E-state index in [1.165, 1.54) is 13.0 Å². The molecule has 36 heavy (non-hydrogen) atoms. The molecular weight excluding hydrogens is 471 g/mol. The maximum absolute atomic E-state index is 13.1. The van der Waals surface area contributed by atoms with E-state index in [-0.39, 0.29) is 24.5 Å². The minimum Gasteiger partial charge on any atom is -0.489 e. The van der Waals surface area contributed by atoms with Crippen molar-refractivity contribution in [2.75, 3.05) is 13.1 Å². The van der Waals surface area contributed by atoms with Crippen molar-refractivity contribution in [1.29, 1.82) is 0 Å². The van der Waals surface area contributed by atoms with Crippen LogP contribution in [0.2, 0.25) is 0 Å². The van der Waals surface area contributed by atoms with Crippen molar-refractivity contribution < 1.29 is 27.8 Å². The highest BCUT2D eigenvalue weighted by Crippen LogP contribution is 2.32. The summed E-state index contributed by atoms with van der Waals surface area (Å²) in [5, 5.41) is 8.97. The number of halogens is 3. The molecule has 0 fully saturated rings. The Morgan fingerprint density at radius 3 is 2.64 bits per heavy atom. The van der Waals surface area contributed by atoms with Crippen molar-refractivity contribution >= 4 is 5.97 Å². The Kier molecular flexibility index (Phi) is 7.59. The Labute approximate surface area is 207 Å². The van der Waals surface area contributed by atoms with E-state index >= 15 is 0 Å². The molecule has 1 N–H and O–H groups in total. The first-order valence-corrected chi connectivity index (χ1v) is 11.8. The first-order chi connectivity index (χ1) is 17.1. The van der Waals surface area contributed by atoms with E-state index in [9.17, 15) is 18.0 Å². The lowest BCUT2D eigenvalue weighted by Gasteiger charge is -2.29. The number of carboxylic acid groups (broad SMARTS) is 1. The Hall–Kier alpha value is -3.46. The minimum atomic E-state index is -4.40. The van der Waals surface area contributed by atoms with Crippen LogP contribution in [0.1, 0.15) is 41.3 Å². The summed E-state index contributed by atoms with van der Waals surface area (Å²) in [7, 11) is 0. The van der Waals surface area contributed by atoms with Crippen molar-refractivity contribution in [3.63, 3.8) is 0 Å². The topological polar surface area (TPSA) is 75.6 Å². The van der Waals surface area contributed by atoms with E-state index in [0.29, 0.717) is 23.7 Å². The fraction of sp³-hybridized carbons (Fsp3) is 0.370. The van der Waals surface area contributed by atoms with Crippen molar-refractivity contribution in [1.82, 2.24) is 14.9 Å². The van der Waals surface area contributed by atoms with E-state index in [0.717, 1.165) is 42.4 Å². The molecule has 0 saturated heterocycles. The summed E-state index contributed by atoms with van der Waals surface area (Å²) in [6.07, 6.45) is -1.65. The number of carbonyl (C=O) groups is 1. The van der Waals surface area contributed by atoms with Gasteiger partial charge in [-0.1, -0.05) is 19.1 Å². The van der Waals surface area contributed by atoms with Gasteiger partial charge in [0, 0.05) is 49.8 Å². The molecule has 1 atom stereocenters. The van der Waals surface area contributed by atoms with Crippen LogP contribution >= 0.6 is 0 Å². The fourth-order valence-electron chi connectivity index (χ4n) is 4.40. The quantitative estimate of drug-likeness (QED) is 0.440. The van der Waals surface area contributed by atoms with E-state index in [1.807, 2.05) is 25.3 Å². The number of aromatic nitrogens is 2. The number of aliphatic carboxylic acids is 1. The maximum Gasteiger partial charge on any atom is 0.416 e. The van der Waals surface area contributed by atoms with Crippen LogP contribution < -0.4 is 4.74 Å². The summed E-state index contributed by atoms with van der Waals surface area (Å²) in [6.45, 7) is 5.64. The number of carboxylic acids is 1. The summed E-state index contributed by atoms with van der Waals surface area (Å²) < 4.78 is 45.1. The molecule has 1 aliphatic heterocycles. The minimum absolute atomic E-state index is 0.0274. The molecule has 0 bridgehead atoms. The van der Waals surface area contributed by atoms with Gasteiger partial charge in [-0.15, -0.1) is 0 Å². The number of hydrogen-bond donors (Lipinski definition) is 1. The molecule has 3 aromatic rings. The van der Waals surface area contributed by atoms with E-state index < -0.39 is 17.7 Å².